The van der Waals surface area contributed by atoms with Crippen molar-refractivity contribution in [3.8, 4) is 0 Å². The number of ketones is 1. The molecule has 0 radical (unpaired) electrons. The summed E-state index contributed by atoms with van der Waals surface area (Å²) >= 11 is 0. The number of rotatable bonds is 4. The van der Waals surface area contributed by atoms with Gasteiger partial charge in [0.2, 0.25) is 0 Å². The van der Waals surface area contributed by atoms with Crippen molar-refractivity contribution in [2.24, 2.45) is 0 Å². The molecule has 8 nitrogen and oxygen atoms in total. The van der Waals surface area contributed by atoms with Gasteiger partial charge in [-0.2, -0.15) is 0 Å². The van der Waals surface area contributed by atoms with Gasteiger partial charge in [0.1, 0.15) is 11.5 Å². The van der Waals surface area contributed by atoms with Crippen LogP contribution in [0.2, 0.25) is 0 Å². The molecule has 1 aromatic heterocycles. The fourth-order valence-corrected chi connectivity index (χ4v) is 3.11. The van der Waals surface area contributed by atoms with Gasteiger partial charge in [-0.15, -0.1) is 0 Å². The number of aromatic nitrogens is 1. The molecular weight excluding hydrogens is 360 g/mol. The van der Waals surface area contributed by atoms with Gasteiger partial charge in [-0.05, 0) is 30.3 Å². The number of carboxylic acid groups (broad SMARTS) is 1. The van der Waals surface area contributed by atoms with E-state index in [2.05, 4.69) is 15.6 Å². The molecule has 0 unspecified atom stereocenters. The number of Topliss-reactive ketones (excluding diaryl/α,β-unsaturated/α-hetero) is 1. The molecule has 1 amide bonds. The van der Waals surface area contributed by atoms with Crippen LogP contribution >= 0.6 is 0 Å². The summed E-state index contributed by atoms with van der Waals surface area (Å²) in [4.78, 5) is 41.7. The summed E-state index contributed by atoms with van der Waals surface area (Å²) in [5, 5.41) is 16.0. The number of carbonyl (C=O) groups excluding carboxylic acids is 2. The third-order valence-corrected chi connectivity index (χ3v) is 4.54. The van der Waals surface area contributed by atoms with Crippen LogP contribution in [0.1, 0.15) is 20.8 Å². The Balaban J connectivity index is 1.91. The Hall–Kier alpha value is -3.94. The Morgan fingerprint density at radius 1 is 1.11 bits per heavy atom. The molecule has 28 heavy (non-hydrogen) atoms. The highest BCUT2D eigenvalue weighted by molar-refractivity contribution is 6.52. The van der Waals surface area contributed by atoms with Crippen molar-refractivity contribution in [1.82, 2.24) is 4.98 Å². The summed E-state index contributed by atoms with van der Waals surface area (Å²) in [5.41, 5.74) is 2.07. The van der Waals surface area contributed by atoms with Crippen LogP contribution in [0.5, 0.6) is 0 Å². The van der Waals surface area contributed by atoms with Crippen molar-refractivity contribution in [2.45, 2.75) is 0 Å². The Morgan fingerprint density at radius 3 is 2.61 bits per heavy atom. The van der Waals surface area contributed by atoms with E-state index >= 15 is 0 Å². The number of fused-ring (bicyclic) bond motifs is 3. The highest BCUT2D eigenvalue weighted by atomic mass is 16.4. The van der Waals surface area contributed by atoms with Crippen LogP contribution in [-0.2, 0) is 4.79 Å². The number of carbonyl (C=O) groups is 3. The van der Waals surface area contributed by atoms with E-state index in [1.54, 1.807) is 6.07 Å². The molecule has 140 valence electrons. The second kappa shape index (κ2) is 6.34. The number of hydrogen-bond donors (Lipinski definition) is 3. The maximum atomic E-state index is 12.2. The van der Waals surface area contributed by atoms with E-state index in [9.17, 15) is 19.5 Å². The molecule has 2 aromatic carbocycles. The molecule has 0 spiro atoms. The third-order valence-electron chi connectivity index (χ3n) is 4.54. The quantitative estimate of drug-likeness (QED) is 0.600. The van der Waals surface area contributed by atoms with Crippen LogP contribution in [0.15, 0.2) is 42.5 Å². The molecule has 0 bridgehead atoms. The Morgan fingerprint density at radius 2 is 1.89 bits per heavy atom. The van der Waals surface area contributed by atoms with Gasteiger partial charge in [0.15, 0.2) is 0 Å². The maximum Gasteiger partial charge on any atom is 0.335 e. The summed E-state index contributed by atoms with van der Waals surface area (Å²) in [6.07, 6.45) is 0. The number of hydrogen-bond acceptors (Lipinski definition) is 6. The van der Waals surface area contributed by atoms with Gasteiger partial charge in [0.05, 0.1) is 11.3 Å². The predicted octanol–water partition coefficient (Wildman–Crippen LogP) is 2.88. The fraction of sp³-hybridized carbons (Fsp3) is 0.100. The van der Waals surface area contributed by atoms with E-state index in [-0.39, 0.29) is 11.3 Å². The molecule has 0 saturated heterocycles. The topological polar surface area (TPSA) is 112 Å². The van der Waals surface area contributed by atoms with E-state index in [1.165, 1.54) is 12.1 Å². The third kappa shape index (κ3) is 2.81. The molecule has 3 aromatic rings. The number of anilines is 4. The van der Waals surface area contributed by atoms with E-state index in [1.807, 2.05) is 43.3 Å². The lowest BCUT2D eigenvalue weighted by Gasteiger charge is -2.16. The molecule has 0 aliphatic carbocycles. The van der Waals surface area contributed by atoms with Crippen molar-refractivity contribution >= 4 is 51.3 Å². The molecule has 1 aliphatic rings. The number of amides is 1. The van der Waals surface area contributed by atoms with E-state index in [4.69, 9.17) is 0 Å². The molecule has 0 fully saturated rings. The van der Waals surface area contributed by atoms with Gasteiger partial charge < -0.3 is 20.6 Å². The Bertz CT molecular complexity index is 1170. The van der Waals surface area contributed by atoms with Crippen LogP contribution in [0.25, 0.3) is 10.8 Å². The largest absolute Gasteiger partial charge is 0.478 e. The second-order valence-corrected chi connectivity index (χ2v) is 6.60. The predicted molar refractivity (Wildman–Crippen MR) is 106 cm³/mol. The first kappa shape index (κ1) is 17.5. The van der Waals surface area contributed by atoms with Gasteiger partial charge in [0.25, 0.3) is 11.7 Å². The monoisotopic (exact) mass is 376 g/mol. The van der Waals surface area contributed by atoms with Crippen LogP contribution < -0.4 is 15.5 Å². The number of nitrogens with one attached hydrogen (secondary N) is 2. The van der Waals surface area contributed by atoms with Crippen LogP contribution in [0, 0.1) is 0 Å². The summed E-state index contributed by atoms with van der Waals surface area (Å²) in [6, 6.07) is 12.0. The smallest absolute Gasteiger partial charge is 0.335 e. The SMILES string of the molecule is CN(C)c1cccc(Nc2nc3c(c4ccc(C(=O)O)cc24)NC(=O)C3=O)c1. The number of benzene rings is 2. The molecule has 1 aliphatic heterocycles. The zero-order valence-corrected chi connectivity index (χ0v) is 15.1. The van der Waals surface area contributed by atoms with E-state index < -0.39 is 17.7 Å². The first-order valence-corrected chi connectivity index (χ1v) is 8.46. The molecule has 2 heterocycles. The van der Waals surface area contributed by atoms with Crippen LogP contribution in [0.3, 0.4) is 0 Å². The van der Waals surface area contributed by atoms with Gasteiger partial charge in [0, 0.05) is 36.2 Å². The Kier molecular flexibility index (Phi) is 3.96. The molecule has 0 saturated carbocycles. The molecule has 8 heteroatoms. The molecule has 3 N–H and O–H groups in total. The van der Waals surface area contributed by atoms with E-state index in [0.29, 0.717) is 28.0 Å². The highest BCUT2D eigenvalue weighted by Gasteiger charge is 2.32. The summed E-state index contributed by atoms with van der Waals surface area (Å²) in [5.74, 6) is -2.25. The zero-order valence-electron chi connectivity index (χ0n) is 15.1. The standard InChI is InChI=1S/C20H16N4O4/c1-24(2)12-5-3-4-11(9-12)21-18-14-8-10(20(27)28)6-7-13(14)15-16(22-18)17(25)19(26)23-15/h3-9H,1-2H3,(H,21,22)(H,27,28)(H,23,25,26). The molecule has 4 rings (SSSR count). The summed E-state index contributed by atoms with van der Waals surface area (Å²) < 4.78 is 0. The van der Waals surface area contributed by atoms with Gasteiger partial charge >= 0.3 is 5.97 Å². The lowest BCUT2D eigenvalue weighted by Crippen LogP contribution is -2.13. The van der Waals surface area contributed by atoms with E-state index in [0.717, 1.165) is 5.69 Å². The number of pyridine rings is 1. The first-order chi connectivity index (χ1) is 13.3. The summed E-state index contributed by atoms with van der Waals surface area (Å²) in [6.45, 7) is 0. The first-order valence-electron chi connectivity index (χ1n) is 8.46. The van der Waals surface area contributed by atoms with Crippen molar-refractivity contribution < 1.29 is 19.5 Å². The van der Waals surface area contributed by atoms with Crippen molar-refractivity contribution in [3.05, 3.63) is 53.7 Å². The molecule has 0 atom stereocenters. The minimum atomic E-state index is -1.08. The van der Waals surface area contributed by atoms with Crippen molar-refractivity contribution in [1.29, 1.82) is 0 Å². The fourth-order valence-electron chi connectivity index (χ4n) is 3.11. The van der Waals surface area contributed by atoms with Crippen LogP contribution in [-0.4, -0.2) is 41.8 Å². The zero-order chi connectivity index (χ0) is 20.0. The minimum absolute atomic E-state index is 0.0202. The normalized spacial score (nSPS) is 12.6. The number of nitrogens with zero attached hydrogens (tertiary/aromatic N) is 2. The average Bonchev–Trinajstić information content (AvgIpc) is 2.96. The average molecular weight is 376 g/mol. The minimum Gasteiger partial charge on any atom is -0.478 e. The number of carboxylic acids is 1. The van der Waals surface area contributed by atoms with Crippen molar-refractivity contribution in [2.75, 3.05) is 29.6 Å². The lowest BCUT2D eigenvalue weighted by molar-refractivity contribution is -0.112. The second-order valence-electron chi connectivity index (χ2n) is 6.60. The number of aromatic carboxylic acids is 1. The molecular formula is C20H16N4O4. The van der Waals surface area contributed by atoms with Crippen LogP contribution in [0.4, 0.5) is 22.9 Å². The lowest BCUT2D eigenvalue weighted by atomic mass is 10.0. The maximum absolute atomic E-state index is 12.2. The van der Waals surface area contributed by atoms with Gasteiger partial charge in [-0.25, -0.2) is 9.78 Å². The summed E-state index contributed by atoms with van der Waals surface area (Å²) in [7, 11) is 3.83. The Labute approximate surface area is 159 Å². The van der Waals surface area contributed by atoms with Crippen molar-refractivity contribution in [3.63, 3.8) is 0 Å². The highest BCUT2D eigenvalue weighted by Crippen LogP contribution is 2.36. The van der Waals surface area contributed by atoms with Gasteiger partial charge in [-0.1, -0.05) is 12.1 Å². The van der Waals surface area contributed by atoms with Gasteiger partial charge in [-0.3, -0.25) is 9.59 Å².